The quantitative estimate of drug-likeness (QED) is 0.327. The van der Waals surface area contributed by atoms with E-state index in [2.05, 4.69) is 47.8 Å². The molecule has 2 aromatic heterocycles. The smallest absolute Gasteiger partial charge is 0.262 e. The first kappa shape index (κ1) is 22.7. The molecule has 3 aromatic carbocycles. The van der Waals surface area contributed by atoms with E-state index < -0.39 is 0 Å². The summed E-state index contributed by atoms with van der Waals surface area (Å²) < 4.78 is 7.43. The molecule has 6 heteroatoms. The summed E-state index contributed by atoms with van der Waals surface area (Å²) in [6.45, 7) is 0.433. The highest BCUT2D eigenvalue weighted by Crippen LogP contribution is 2.37. The van der Waals surface area contributed by atoms with E-state index >= 15 is 0 Å². The average molecular weight is 508 g/mol. The van der Waals surface area contributed by atoms with Gasteiger partial charge in [-0.2, -0.15) is 0 Å². The minimum absolute atomic E-state index is 0.0496. The lowest BCUT2D eigenvalue weighted by atomic mass is 9.92. The Morgan fingerprint density at radius 2 is 1.92 bits per heavy atom. The van der Waals surface area contributed by atoms with Crippen molar-refractivity contribution in [2.75, 3.05) is 7.11 Å². The topological polar surface area (TPSA) is 56.2 Å². The van der Waals surface area contributed by atoms with Crippen molar-refractivity contribution in [1.82, 2.24) is 14.9 Å². The Labute approximate surface area is 219 Å². The van der Waals surface area contributed by atoms with Gasteiger partial charge in [-0.3, -0.25) is 9.36 Å². The van der Waals surface area contributed by atoms with Crippen LogP contribution in [0.15, 0.2) is 71.8 Å². The maximum absolute atomic E-state index is 13.8. The molecule has 1 N–H and O–H groups in total. The highest BCUT2D eigenvalue weighted by atomic mass is 32.1. The van der Waals surface area contributed by atoms with E-state index in [1.807, 2.05) is 18.2 Å². The molecule has 0 amide bonds. The van der Waals surface area contributed by atoms with Gasteiger partial charge in [-0.1, -0.05) is 54.6 Å². The lowest BCUT2D eigenvalue weighted by Gasteiger charge is -2.27. The third-order valence-corrected chi connectivity index (χ3v) is 9.31. The van der Waals surface area contributed by atoms with E-state index in [9.17, 15) is 4.79 Å². The number of benzene rings is 3. The molecule has 2 aliphatic carbocycles. The van der Waals surface area contributed by atoms with Crippen molar-refractivity contribution in [2.24, 2.45) is 0 Å². The summed E-state index contributed by atoms with van der Waals surface area (Å²) in [5.41, 5.74) is 5.20. The number of thiophene rings is 1. The van der Waals surface area contributed by atoms with Gasteiger partial charge in [-0.15, -0.1) is 11.3 Å². The van der Waals surface area contributed by atoms with Gasteiger partial charge in [0.2, 0.25) is 0 Å². The summed E-state index contributed by atoms with van der Waals surface area (Å²) >= 11 is 1.70. The predicted octanol–water partition coefficient (Wildman–Crippen LogP) is 5.80. The van der Waals surface area contributed by atoms with Crippen LogP contribution >= 0.6 is 11.3 Å². The highest BCUT2D eigenvalue weighted by Gasteiger charge is 2.29. The van der Waals surface area contributed by atoms with E-state index in [-0.39, 0.29) is 5.56 Å². The van der Waals surface area contributed by atoms with Crippen molar-refractivity contribution in [1.29, 1.82) is 0 Å². The lowest BCUT2D eigenvalue weighted by Crippen LogP contribution is -2.36. The number of hydrogen-bond donors (Lipinski definition) is 1. The molecule has 0 spiro atoms. The summed E-state index contributed by atoms with van der Waals surface area (Å²) in [5.74, 6) is 0.792. The third-order valence-electron chi connectivity index (χ3n) is 8.15. The standard InChI is InChI=1S/C31H29N3O2S/c1-36-27-15-11-19-6-2-4-8-22(19)25(27)17-34-18-32-30-29(31(34)35)24-13-12-21(16-28(24)37-30)33-26-14-10-20-7-3-5-9-23(20)26/h2-9,11,15,18,21,26,33H,10,12-14,16-17H2,1H3. The molecular weight excluding hydrogens is 478 g/mol. The van der Waals surface area contributed by atoms with Crippen LogP contribution in [-0.4, -0.2) is 22.7 Å². The molecule has 2 heterocycles. The van der Waals surface area contributed by atoms with Gasteiger partial charge in [0.15, 0.2) is 0 Å². The van der Waals surface area contributed by atoms with Crippen molar-refractivity contribution >= 4 is 32.3 Å². The Morgan fingerprint density at radius 1 is 1.05 bits per heavy atom. The van der Waals surface area contributed by atoms with E-state index in [1.165, 1.54) is 28.0 Å². The van der Waals surface area contributed by atoms with Crippen LogP contribution < -0.4 is 15.6 Å². The van der Waals surface area contributed by atoms with Crippen LogP contribution in [0.5, 0.6) is 5.75 Å². The zero-order chi connectivity index (χ0) is 24.9. The Balaban J connectivity index is 1.19. The molecule has 5 nitrogen and oxygen atoms in total. The first-order valence-electron chi connectivity index (χ1n) is 13.1. The fourth-order valence-electron chi connectivity index (χ4n) is 6.31. The normalized spacial score (nSPS) is 18.7. The first-order chi connectivity index (χ1) is 18.2. The number of nitrogens with one attached hydrogen (secondary N) is 1. The summed E-state index contributed by atoms with van der Waals surface area (Å²) in [4.78, 5) is 20.7. The Kier molecular flexibility index (Phi) is 5.59. The monoisotopic (exact) mass is 507 g/mol. The third kappa shape index (κ3) is 3.87. The number of nitrogens with zero attached hydrogens (tertiary/aromatic N) is 2. The van der Waals surface area contributed by atoms with Gasteiger partial charge >= 0.3 is 0 Å². The molecule has 0 saturated heterocycles. The SMILES string of the molecule is COc1ccc2ccccc2c1Cn1cnc2sc3c(c2c1=O)CCC(NC1CCc2ccccc21)C3. The maximum atomic E-state index is 13.8. The second-order valence-corrected chi connectivity index (χ2v) is 11.3. The molecule has 0 radical (unpaired) electrons. The Bertz CT molecular complexity index is 1700. The van der Waals surface area contributed by atoms with Gasteiger partial charge in [0, 0.05) is 22.5 Å². The average Bonchev–Trinajstić information content (AvgIpc) is 3.51. The van der Waals surface area contributed by atoms with Crippen LogP contribution in [0.3, 0.4) is 0 Å². The Hall–Kier alpha value is -3.48. The van der Waals surface area contributed by atoms with Crippen molar-refractivity contribution in [3.63, 3.8) is 0 Å². The minimum atomic E-state index is 0.0496. The molecule has 0 fully saturated rings. The van der Waals surface area contributed by atoms with Crippen molar-refractivity contribution < 1.29 is 4.74 Å². The minimum Gasteiger partial charge on any atom is -0.496 e. The van der Waals surface area contributed by atoms with Gasteiger partial charge in [0.05, 0.1) is 25.4 Å². The molecule has 186 valence electrons. The predicted molar refractivity (Wildman–Crippen MR) is 150 cm³/mol. The molecule has 2 atom stereocenters. The van der Waals surface area contributed by atoms with Crippen LogP contribution in [-0.2, 0) is 25.8 Å². The largest absolute Gasteiger partial charge is 0.496 e. The van der Waals surface area contributed by atoms with Crippen LogP contribution in [0, 0.1) is 0 Å². The second kappa shape index (κ2) is 9.12. The van der Waals surface area contributed by atoms with Gasteiger partial charge in [-0.05, 0) is 65.6 Å². The molecule has 2 aliphatic rings. The van der Waals surface area contributed by atoms with Crippen LogP contribution in [0.1, 0.15) is 46.0 Å². The first-order valence-corrected chi connectivity index (χ1v) is 13.9. The van der Waals surface area contributed by atoms with Crippen LogP contribution in [0.2, 0.25) is 0 Å². The van der Waals surface area contributed by atoms with E-state index in [0.717, 1.165) is 58.0 Å². The molecule has 0 aliphatic heterocycles. The number of fused-ring (bicyclic) bond motifs is 5. The Morgan fingerprint density at radius 3 is 2.84 bits per heavy atom. The number of methoxy groups -OCH3 is 1. The second-order valence-electron chi connectivity index (χ2n) is 10.2. The summed E-state index contributed by atoms with van der Waals surface area (Å²) in [6, 6.07) is 22.0. The van der Waals surface area contributed by atoms with Crippen LogP contribution in [0.4, 0.5) is 0 Å². The number of hydrogen-bond acceptors (Lipinski definition) is 5. The van der Waals surface area contributed by atoms with E-state index in [0.29, 0.717) is 18.6 Å². The van der Waals surface area contributed by atoms with E-state index in [4.69, 9.17) is 9.72 Å². The van der Waals surface area contributed by atoms with E-state index in [1.54, 1.807) is 29.3 Å². The fraction of sp³-hybridized carbons (Fsp3) is 0.290. The van der Waals surface area contributed by atoms with Gasteiger partial charge in [0.25, 0.3) is 5.56 Å². The van der Waals surface area contributed by atoms with Crippen molar-refractivity contribution in [2.45, 2.75) is 50.7 Å². The highest BCUT2D eigenvalue weighted by molar-refractivity contribution is 7.18. The number of aromatic nitrogens is 2. The molecule has 37 heavy (non-hydrogen) atoms. The number of rotatable bonds is 5. The van der Waals surface area contributed by atoms with Gasteiger partial charge in [0.1, 0.15) is 10.6 Å². The van der Waals surface area contributed by atoms with Crippen LogP contribution in [0.25, 0.3) is 21.0 Å². The number of aryl methyl sites for hydroxylation is 2. The zero-order valence-corrected chi connectivity index (χ0v) is 21.7. The molecule has 0 bridgehead atoms. The molecule has 7 rings (SSSR count). The zero-order valence-electron chi connectivity index (χ0n) is 20.9. The number of ether oxygens (including phenoxy) is 1. The molecule has 2 unspecified atom stereocenters. The summed E-state index contributed by atoms with van der Waals surface area (Å²) in [7, 11) is 1.68. The van der Waals surface area contributed by atoms with Crippen molar-refractivity contribution in [3.05, 3.63) is 104 Å². The maximum Gasteiger partial charge on any atom is 0.262 e. The molecular formula is C31H29N3O2S. The van der Waals surface area contributed by atoms with Gasteiger partial charge in [-0.25, -0.2) is 4.98 Å². The summed E-state index contributed by atoms with van der Waals surface area (Å²) in [5, 5.41) is 6.98. The fourth-order valence-corrected chi connectivity index (χ4v) is 7.57. The lowest BCUT2D eigenvalue weighted by molar-refractivity contribution is 0.400. The summed E-state index contributed by atoms with van der Waals surface area (Å²) in [6.07, 6.45) is 6.95. The van der Waals surface area contributed by atoms with Gasteiger partial charge < -0.3 is 10.1 Å². The molecule has 5 aromatic rings. The van der Waals surface area contributed by atoms with Crippen molar-refractivity contribution in [3.8, 4) is 5.75 Å². The molecule has 0 saturated carbocycles.